The number of hydrogen-bond acceptors (Lipinski definition) is 12. The lowest BCUT2D eigenvalue weighted by molar-refractivity contribution is -0.164. The fraction of sp³-hybridized carbons (Fsp3) is 0.511. The van der Waals surface area contributed by atoms with Crippen LogP contribution in [0.5, 0.6) is 5.75 Å². The smallest absolute Gasteiger partial charge is 0.265 e. The minimum absolute atomic E-state index is 0.0858. The van der Waals surface area contributed by atoms with Gasteiger partial charge in [0.1, 0.15) is 24.0 Å². The molecule has 3 aromatic rings. The molecule has 3 saturated heterocycles. The van der Waals surface area contributed by atoms with Gasteiger partial charge in [0.15, 0.2) is 11.6 Å². The lowest BCUT2D eigenvalue weighted by Gasteiger charge is -2.63. The third-order valence-electron chi connectivity index (χ3n) is 13.6. The molecule has 4 aliphatic heterocycles. The summed E-state index contributed by atoms with van der Waals surface area (Å²) in [5.74, 6) is -4.71. The normalized spacial score (nSPS) is 23.6. The number of anilines is 2. The van der Waals surface area contributed by atoms with Crippen molar-refractivity contribution in [2.24, 2.45) is 16.7 Å². The average molecular weight is 886 g/mol. The first-order valence-corrected chi connectivity index (χ1v) is 21.7. The third-order valence-corrected chi connectivity index (χ3v) is 13.9. The maximum Gasteiger partial charge on any atom is 0.265 e. The average Bonchev–Trinajstić information content (AvgIpc) is 3.48. The van der Waals surface area contributed by atoms with E-state index in [0.29, 0.717) is 76.2 Å². The molecule has 0 bridgehead atoms. The third kappa shape index (κ3) is 7.75. The van der Waals surface area contributed by atoms with E-state index in [0.717, 1.165) is 32.5 Å². The summed E-state index contributed by atoms with van der Waals surface area (Å²) >= 11 is 6.26. The second-order valence-corrected chi connectivity index (χ2v) is 18.9. The number of rotatable bonds is 9. The Labute approximate surface area is 369 Å². The number of carbonyl (C=O) groups is 5. The maximum atomic E-state index is 15.5. The number of nitriles is 1. The second-order valence-electron chi connectivity index (χ2n) is 18.5. The highest BCUT2D eigenvalue weighted by atomic mass is 35.5. The number of ether oxygens (including phenoxy) is 1. The largest absolute Gasteiger partial charge is 0.489 e. The first-order chi connectivity index (χ1) is 29.8. The van der Waals surface area contributed by atoms with Crippen molar-refractivity contribution in [3.63, 3.8) is 0 Å². The Morgan fingerprint density at radius 2 is 1.57 bits per heavy atom. The molecule has 1 atom stereocenters. The number of fused-ring (bicyclic) bond motifs is 1. The quantitative estimate of drug-likeness (QED) is 0.277. The first kappa shape index (κ1) is 43.9. The summed E-state index contributed by atoms with van der Waals surface area (Å²) in [5, 5.41) is 14.9. The van der Waals surface area contributed by atoms with Crippen LogP contribution >= 0.6 is 11.6 Å². The van der Waals surface area contributed by atoms with Crippen molar-refractivity contribution in [1.82, 2.24) is 30.4 Å². The molecule has 332 valence electrons. The van der Waals surface area contributed by atoms with E-state index in [2.05, 4.69) is 54.2 Å². The lowest BCUT2D eigenvalue weighted by atomic mass is 9.49. The van der Waals surface area contributed by atoms with E-state index in [1.807, 2.05) is 13.8 Å². The first-order valence-electron chi connectivity index (χ1n) is 21.3. The number of carbonyl (C=O) groups excluding carboxylic acids is 5. The SMILES string of the molecule is Cc1nc(N2CCC(CN3CCN(c4cc5c(c(F)c4F)C(=O)N(C4CCC(=O)NC4=O)C5=O)CC3)CC2)nc(C)c1C(=O)NC1C(C)(C)C(Oc2ccc(C#N)c(Cl)c2)C1(C)C. The highest BCUT2D eigenvalue weighted by molar-refractivity contribution is 6.31. The molecule has 1 aromatic heterocycles. The highest BCUT2D eigenvalue weighted by Gasteiger charge is 2.64. The zero-order chi connectivity index (χ0) is 45.3. The number of aromatic nitrogens is 2. The Morgan fingerprint density at radius 3 is 2.17 bits per heavy atom. The van der Waals surface area contributed by atoms with Gasteiger partial charge in [0.2, 0.25) is 17.8 Å². The van der Waals surface area contributed by atoms with Gasteiger partial charge in [-0.05, 0) is 57.2 Å². The second kappa shape index (κ2) is 16.4. The molecule has 1 aliphatic carbocycles. The van der Waals surface area contributed by atoms with Crippen molar-refractivity contribution in [2.75, 3.05) is 55.6 Å². The fourth-order valence-corrected chi connectivity index (χ4v) is 10.8. The van der Waals surface area contributed by atoms with Crippen molar-refractivity contribution in [2.45, 2.75) is 85.4 Å². The zero-order valence-electron chi connectivity index (χ0n) is 36.1. The van der Waals surface area contributed by atoms with Gasteiger partial charge in [0.05, 0.1) is 44.4 Å². The Morgan fingerprint density at radius 1 is 0.921 bits per heavy atom. The number of hydrogen-bond donors (Lipinski definition) is 2. The molecule has 2 aromatic carbocycles. The number of nitrogens with one attached hydrogen (secondary N) is 2. The van der Waals surface area contributed by atoms with Crippen LogP contribution in [0.3, 0.4) is 0 Å². The fourth-order valence-electron chi connectivity index (χ4n) is 10.6. The van der Waals surface area contributed by atoms with Crippen molar-refractivity contribution in [3.05, 3.63) is 74.6 Å². The number of piperazine rings is 1. The highest BCUT2D eigenvalue weighted by Crippen LogP contribution is 2.55. The van der Waals surface area contributed by atoms with Crippen LogP contribution in [0.2, 0.25) is 5.02 Å². The summed E-state index contributed by atoms with van der Waals surface area (Å²) in [4.78, 5) is 80.7. The summed E-state index contributed by atoms with van der Waals surface area (Å²) in [6, 6.07) is 6.76. The van der Waals surface area contributed by atoms with Crippen LogP contribution in [0.15, 0.2) is 24.3 Å². The molecule has 15 nitrogen and oxygen atoms in total. The molecular weight excluding hydrogens is 836 g/mol. The molecule has 0 radical (unpaired) electrons. The van der Waals surface area contributed by atoms with Gasteiger partial charge in [0, 0.05) is 75.2 Å². The van der Waals surface area contributed by atoms with Crippen LogP contribution in [-0.2, 0) is 9.59 Å². The van der Waals surface area contributed by atoms with E-state index in [9.17, 15) is 29.2 Å². The van der Waals surface area contributed by atoms with Crippen LogP contribution in [0.1, 0.15) is 101 Å². The minimum atomic E-state index is -1.42. The molecule has 1 saturated carbocycles. The standard InChI is InChI=1S/C45H50ClF2N9O6/c1-23-33(38(60)53-41-44(3,4)42(45(41,5)6)63-27-8-7-26(21-49)29(46)19-27)24(2)51-43(50-23)56-13-11-25(12-14-56)22-54-15-17-55(18-16-54)31-20-28-34(36(48)35(31)47)40(62)57(39(28)61)30-9-10-32(58)52-37(30)59/h7-8,19-20,25,30,41-42H,9-18,22H2,1-6H3,(H,53,60)(H,52,58,59). The number of amides is 5. The Balaban J connectivity index is 0.838. The van der Waals surface area contributed by atoms with E-state index >= 15 is 8.78 Å². The molecule has 0 spiro atoms. The van der Waals surface area contributed by atoms with E-state index in [1.165, 1.54) is 6.07 Å². The summed E-state index contributed by atoms with van der Waals surface area (Å²) < 4.78 is 37.4. The van der Waals surface area contributed by atoms with Gasteiger partial charge < -0.3 is 19.9 Å². The molecule has 5 heterocycles. The van der Waals surface area contributed by atoms with Gasteiger partial charge in [-0.25, -0.2) is 18.7 Å². The number of halogens is 3. The van der Waals surface area contributed by atoms with E-state index in [-0.39, 0.29) is 42.1 Å². The van der Waals surface area contributed by atoms with Crippen LogP contribution in [0.25, 0.3) is 0 Å². The van der Waals surface area contributed by atoms with Crippen molar-refractivity contribution >= 4 is 52.8 Å². The van der Waals surface area contributed by atoms with Gasteiger partial charge >= 0.3 is 0 Å². The van der Waals surface area contributed by atoms with Crippen LogP contribution in [0.4, 0.5) is 20.4 Å². The Kier molecular flexibility index (Phi) is 11.5. The summed E-state index contributed by atoms with van der Waals surface area (Å²) in [6.07, 6.45) is 1.35. The van der Waals surface area contributed by atoms with Crippen LogP contribution in [-0.4, -0.2) is 113 Å². The van der Waals surface area contributed by atoms with E-state index < -0.39 is 57.7 Å². The molecule has 1 unspecified atom stereocenters. The van der Waals surface area contributed by atoms with E-state index in [4.69, 9.17) is 26.3 Å². The molecular formula is C45H50ClF2N9O6. The number of nitrogens with zero attached hydrogens (tertiary/aromatic N) is 7. The molecule has 63 heavy (non-hydrogen) atoms. The minimum Gasteiger partial charge on any atom is -0.489 e. The molecule has 2 N–H and O–H groups in total. The zero-order valence-corrected chi connectivity index (χ0v) is 36.9. The molecule has 4 fully saturated rings. The van der Waals surface area contributed by atoms with Crippen LogP contribution in [0, 0.1) is 53.6 Å². The number of benzene rings is 2. The van der Waals surface area contributed by atoms with Gasteiger partial charge in [-0.3, -0.25) is 39.1 Å². The Hall–Kier alpha value is -5.73. The lowest BCUT2D eigenvalue weighted by Crippen LogP contribution is -2.74. The molecule has 8 rings (SSSR count). The van der Waals surface area contributed by atoms with Crippen LogP contribution < -0.4 is 25.2 Å². The summed E-state index contributed by atoms with van der Waals surface area (Å²) in [6.45, 7) is 16.0. The van der Waals surface area contributed by atoms with Gasteiger partial charge in [-0.15, -0.1) is 0 Å². The summed E-state index contributed by atoms with van der Waals surface area (Å²) in [7, 11) is 0. The molecule has 5 amide bonds. The van der Waals surface area contributed by atoms with Gasteiger partial charge in [-0.1, -0.05) is 39.3 Å². The number of piperidine rings is 2. The number of aryl methyl sites for hydroxylation is 2. The topological polar surface area (TPSA) is 181 Å². The van der Waals surface area contributed by atoms with Crippen molar-refractivity contribution < 1.29 is 37.5 Å². The molecule has 18 heteroatoms. The van der Waals surface area contributed by atoms with Crippen molar-refractivity contribution in [1.29, 1.82) is 5.26 Å². The maximum absolute atomic E-state index is 15.5. The van der Waals surface area contributed by atoms with Gasteiger partial charge in [-0.2, -0.15) is 5.26 Å². The monoisotopic (exact) mass is 885 g/mol. The number of imide groups is 2. The summed E-state index contributed by atoms with van der Waals surface area (Å²) in [5.41, 5.74) is 0.0226. The van der Waals surface area contributed by atoms with E-state index in [1.54, 1.807) is 23.1 Å². The predicted octanol–water partition coefficient (Wildman–Crippen LogP) is 4.95. The van der Waals surface area contributed by atoms with Gasteiger partial charge in [0.25, 0.3) is 17.7 Å². The Bertz CT molecular complexity index is 2440. The predicted molar refractivity (Wildman–Crippen MR) is 228 cm³/mol. The molecule has 5 aliphatic rings. The van der Waals surface area contributed by atoms with Crippen molar-refractivity contribution in [3.8, 4) is 11.8 Å².